The van der Waals surface area contributed by atoms with Crippen LogP contribution in [-0.2, 0) is 16.6 Å². The van der Waals surface area contributed by atoms with Crippen LogP contribution in [0.4, 0.5) is 0 Å². The number of terminal acetylenes is 1. The maximum Gasteiger partial charge on any atom is 0.314 e. The van der Waals surface area contributed by atoms with E-state index in [4.69, 9.17) is 6.42 Å². The average Bonchev–Trinajstić information content (AvgIpc) is 2.29. The van der Waals surface area contributed by atoms with E-state index < -0.39 is 11.4 Å². The Labute approximate surface area is 109 Å². The van der Waals surface area contributed by atoms with Crippen LogP contribution in [0.15, 0.2) is 24.3 Å². The Morgan fingerprint density at radius 3 is 2.33 bits per heavy atom. The molecule has 18 heavy (non-hydrogen) atoms. The maximum absolute atomic E-state index is 11.4. The number of carboxylic acids is 1. The summed E-state index contributed by atoms with van der Waals surface area (Å²) in [5.41, 5.74) is 0.994. The van der Waals surface area contributed by atoms with Gasteiger partial charge < -0.3 is 5.11 Å². The van der Waals surface area contributed by atoms with Crippen molar-refractivity contribution in [2.45, 2.75) is 39.0 Å². The van der Waals surface area contributed by atoms with E-state index >= 15 is 0 Å². The first-order valence-electron chi connectivity index (χ1n) is 6.16. The molecule has 2 nitrogen and oxygen atoms in total. The van der Waals surface area contributed by atoms with Crippen molar-refractivity contribution in [1.82, 2.24) is 0 Å². The van der Waals surface area contributed by atoms with E-state index in [0.29, 0.717) is 5.92 Å². The summed E-state index contributed by atoms with van der Waals surface area (Å²) in [7, 11) is 0. The highest BCUT2D eigenvalue weighted by atomic mass is 16.4. The predicted octanol–water partition coefficient (Wildman–Crippen LogP) is 3.25. The molecule has 0 saturated heterocycles. The number of carboxylic acid groups (broad SMARTS) is 1. The number of benzene rings is 1. The van der Waals surface area contributed by atoms with Gasteiger partial charge in [0.15, 0.2) is 0 Å². The molecule has 0 fully saturated rings. The first-order valence-corrected chi connectivity index (χ1v) is 6.16. The Balaban J connectivity index is 3.02. The SMILES string of the molecule is C#CCC(C)(C(=O)O)c1ccc(CC(C)C)cc1. The minimum absolute atomic E-state index is 0.200. The summed E-state index contributed by atoms with van der Waals surface area (Å²) in [5, 5.41) is 9.34. The fraction of sp³-hybridized carbons (Fsp3) is 0.438. The third-order valence-electron chi connectivity index (χ3n) is 3.16. The van der Waals surface area contributed by atoms with Crippen molar-refractivity contribution in [1.29, 1.82) is 0 Å². The Kier molecular flexibility index (Phi) is 4.55. The summed E-state index contributed by atoms with van der Waals surface area (Å²) in [6.07, 6.45) is 6.47. The van der Waals surface area contributed by atoms with Crippen molar-refractivity contribution in [3.05, 3.63) is 35.4 Å². The summed E-state index contributed by atoms with van der Waals surface area (Å²) >= 11 is 0. The standard InChI is InChI=1S/C16H20O2/c1-5-10-16(4,15(17)18)14-8-6-13(7-9-14)11-12(2)3/h1,6-9,12H,10-11H2,2-4H3,(H,17,18). The second-order valence-corrected chi connectivity index (χ2v) is 5.31. The summed E-state index contributed by atoms with van der Waals surface area (Å²) < 4.78 is 0. The second-order valence-electron chi connectivity index (χ2n) is 5.31. The molecule has 0 bridgehead atoms. The van der Waals surface area contributed by atoms with Gasteiger partial charge in [-0.3, -0.25) is 4.79 Å². The minimum atomic E-state index is -0.995. The third kappa shape index (κ3) is 3.13. The molecule has 0 aromatic heterocycles. The molecule has 0 aliphatic carbocycles. The highest BCUT2D eigenvalue weighted by Gasteiger charge is 2.34. The molecule has 1 rings (SSSR count). The van der Waals surface area contributed by atoms with Gasteiger partial charge in [-0.1, -0.05) is 38.1 Å². The van der Waals surface area contributed by atoms with Crippen LogP contribution in [-0.4, -0.2) is 11.1 Å². The topological polar surface area (TPSA) is 37.3 Å². The Morgan fingerprint density at radius 1 is 1.39 bits per heavy atom. The minimum Gasteiger partial charge on any atom is -0.481 e. The largest absolute Gasteiger partial charge is 0.481 e. The van der Waals surface area contributed by atoms with Crippen molar-refractivity contribution in [3.63, 3.8) is 0 Å². The van der Waals surface area contributed by atoms with Gasteiger partial charge >= 0.3 is 5.97 Å². The Hall–Kier alpha value is -1.75. The van der Waals surface area contributed by atoms with Crippen LogP contribution < -0.4 is 0 Å². The molecule has 1 aromatic carbocycles. The molecule has 0 radical (unpaired) electrons. The van der Waals surface area contributed by atoms with Gasteiger partial charge in [-0.05, 0) is 30.4 Å². The number of aliphatic carboxylic acids is 1. The lowest BCUT2D eigenvalue weighted by Gasteiger charge is -2.23. The van der Waals surface area contributed by atoms with Crippen LogP contribution in [0, 0.1) is 18.3 Å². The van der Waals surface area contributed by atoms with E-state index in [2.05, 4.69) is 19.8 Å². The van der Waals surface area contributed by atoms with Crippen molar-refractivity contribution in [2.75, 3.05) is 0 Å². The molecular formula is C16H20O2. The van der Waals surface area contributed by atoms with Crippen molar-refractivity contribution in [3.8, 4) is 12.3 Å². The molecule has 0 heterocycles. The summed E-state index contributed by atoms with van der Waals surface area (Å²) in [6, 6.07) is 7.74. The number of rotatable bonds is 5. The van der Waals surface area contributed by atoms with Crippen LogP contribution in [0.5, 0.6) is 0 Å². The van der Waals surface area contributed by atoms with E-state index in [1.54, 1.807) is 6.92 Å². The fourth-order valence-electron chi connectivity index (χ4n) is 1.99. The zero-order valence-electron chi connectivity index (χ0n) is 11.2. The normalized spacial score (nSPS) is 13.9. The van der Waals surface area contributed by atoms with E-state index in [0.717, 1.165) is 12.0 Å². The van der Waals surface area contributed by atoms with E-state index in [-0.39, 0.29) is 6.42 Å². The molecule has 0 amide bonds. The summed E-state index contributed by atoms with van der Waals surface area (Å²) in [4.78, 5) is 11.4. The van der Waals surface area contributed by atoms with Crippen molar-refractivity contribution in [2.24, 2.45) is 5.92 Å². The summed E-state index contributed by atoms with van der Waals surface area (Å²) in [6.45, 7) is 5.99. The van der Waals surface area contributed by atoms with Crippen molar-refractivity contribution < 1.29 is 9.90 Å². The van der Waals surface area contributed by atoms with E-state index in [1.165, 1.54) is 5.56 Å². The van der Waals surface area contributed by atoms with Crippen LogP contribution in [0.25, 0.3) is 0 Å². The number of hydrogen-bond acceptors (Lipinski definition) is 1. The third-order valence-corrected chi connectivity index (χ3v) is 3.16. The Morgan fingerprint density at radius 2 is 1.94 bits per heavy atom. The first kappa shape index (κ1) is 14.3. The molecular weight excluding hydrogens is 224 g/mol. The smallest absolute Gasteiger partial charge is 0.314 e. The molecule has 1 atom stereocenters. The molecule has 2 heteroatoms. The van der Waals surface area contributed by atoms with Crippen LogP contribution in [0.1, 0.15) is 38.3 Å². The average molecular weight is 244 g/mol. The lowest BCUT2D eigenvalue weighted by atomic mass is 9.79. The van der Waals surface area contributed by atoms with Crippen LogP contribution >= 0.6 is 0 Å². The maximum atomic E-state index is 11.4. The lowest BCUT2D eigenvalue weighted by Crippen LogP contribution is -2.31. The highest BCUT2D eigenvalue weighted by Crippen LogP contribution is 2.28. The zero-order chi connectivity index (χ0) is 13.8. The number of carbonyl (C=O) groups is 1. The van der Waals surface area contributed by atoms with Gasteiger partial charge in [0.25, 0.3) is 0 Å². The second kappa shape index (κ2) is 5.73. The highest BCUT2D eigenvalue weighted by molar-refractivity contribution is 5.81. The predicted molar refractivity (Wildman–Crippen MR) is 73.4 cm³/mol. The molecule has 0 aliphatic rings. The van der Waals surface area contributed by atoms with E-state index in [9.17, 15) is 9.90 Å². The van der Waals surface area contributed by atoms with Crippen molar-refractivity contribution >= 4 is 5.97 Å². The molecule has 0 spiro atoms. The molecule has 0 saturated carbocycles. The van der Waals surface area contributed by atoms with Crippen LogP contribution in [0.3, 0.4) is 0 Å². The van der Waals surface area contributed by atoms with Gasteiger partial charge in [0.05, 0.1) is 0 Å². The van der Waals surface area contributed by atoms with Gasteiger partial charge in [-0.2, -0.15) is 0 Å². The molecule has 1 aromatic rings. The molecule has 1 N–H and O–H groups in total. The molecule has 96 valence electrons. The number of hydrogen-bond donors (Lipinski definition) is 1. The van der Waals surface area contributed by atoms with Gasteiger partial charge in [0.2, 0.25) is 0 Å². The molecule has 1 unspecified atom stereocenters. The fourth-order valence-corrected chi connectivity index (χ4v) is 1.99. The molecule has 0 aliphatic heterocycles. The monoisotopic (exact) mass is 244 g/mol. The first-order chi connectivity index (χ1) is 8.40. The summed E-state index contributed by atoms with van der Waals surface area (Å²) in [5.74, 6) is 2.17. The quantitative estimate of drug-likeness (QED) is 0.807. The van der Waals surface area contributed by atoms with Gasteiger partial charge in [-0.15, -0.1) is 12.3 Å². The Bertz CT molecular complexity index is 451. The zero-order valence-corrected chi connectivity index (χ0v) is 11.2. The van der Waals surface area contributed by atoms with Gasteiger partial charge in [0.1, 0.15) is 5.41 Å². The van der Waals surface area contributed by atoms with Gasteiger partial charge in [-0.25, -0.2) is 0 Å². The lowest BCUT2D eigenvalue weighted by molar-refractivity contribution is -0.143. The van der Waals surface area contributed by atoms with Gasteiger partial charge in [0, 0.05) is 6.42 Å². The van der Waals surface area contributed by atoms with Crippen LogP contribution in [0.2, 0.25) is 0 Å². The van der Waals surface area contributed by atoms with E-state index in [1.807, 2.05) is 24.3 Å².